The molecule has 0 saturated carbocycles. The molecular formula is C19H28N2. The Morgan fingerprint density at radius 1 is 1.05 bits per heavy atom. The molecule has 2 aromatic rings. The van der Waals surface area contributed by atoms with Crippen molar-refractivity contribution >= 4 is 10.9 Å². The van der Waals surface area contributed by atoms with Gasteiger partial charge in [0.2, 0.25) is 0 Å². The van der Waals surface area contributed by atoms with Crippen LogP contribution in [0, 0.1) is 0 Å². The molecule has 114 valence electrons. The van der Waals surface area contributed by atoms with Crippen LogP contribution in [0.3, 0.4) is 0 Å². The number of pyridine rings is 1. The fraction of sp³-hybridized carbons (Fsp3) is 0.526. The summed E-state index contributed by atoms with van der Waals surface area (Å²) in [6.07, 6.45) is 9.80. The van der Waals surface area contributed by atoms with Crippen molar-refractivity contribution in [1.82, 2.24) is 10.3 Å². The minimum Gasteiger partial charge on any atom is -0.310 e. The predicted octanol–water partition coefficient (Wildman–Crippen LogP) is 5.25. The highest BCUT2D eigenvalue weighted by molar-refractivity contribution is 5.79. The lowest BCUT2D eigenvalue weighted by molar-refractivity contribution is 0.479. The van der Waals surface area contributed by atoms with Crippen molar-refractivity contribution in [2.75, 3.05) is 6.54 Å². The van der Waals surface area contributed by atoms with Crippen molar-refractivity contribution in [2.45, 2.75) is 58.4 Å². The molecule has 0 saturated heterocycles. The Labute approximate surface area is 129 Å². The van der Waals surface area contributed by atoms with E-state index in [0.29, 0.717) is 6.04 Å². The summed E-state index contributed by atoms with van der Waals surface area (Å²) in [7, 11) is 0. The van der Waals surface area contributed by atoms with E-state index in [1.807, 2.05) is 12.3 Å². The highest BCUT2D eigenvalue weighted by Crippen LogP contribution is 2.23. The zero-order valence-corrected chi connectivity index (χ0v) is 13.4. The molecule has 1 heterocycles. The van der Waals surface area contributed by atoms with E-state index < -0.39 is 0 Å². The second-order valence-electron chi connectivity index (χ2n) is 5.77. The summed E-state index contributed by atoms with van der Waals surface area (Å²) >= 11 is 0. The number of benzene rings is 1. The average Bonchev–Trinajstić information content (AvgIpc) is 2.53. The first-order valence-corrected chi connectivity index (χ1v) is 8.43. The Hall–Kier alpha value is -1.41. The lowest BCUT2D eigenvalue weighted by Gasteiger charge is -2.19. The normalized spacial score (nSPS) is 12.7. The lowest BCUT2D eigenvalue weighted by Crippen LogP contribution is -2.20. The lowest BCUT2D eigenvalue weighted by atomic mass is 9.98. The van der Waals surface area contributed by atoms with Gasteiger partial charge in [-0.15, -0.1) is 0 Å². The number of nitrogens with zero attached hydrogens (tertiary/aromatic N) is 1. The van der Waals surface area contributed by atoms with Crippen molar-refractivity contribution in [2.24, 2.45) is 0 Å². The number of hydrogen-bond donors (Lipinski definition) is 1. The number of fused-ring (bicyclic) bond motifs is 1. The Kier molecular flexibility index (Phi) is 6.68. The summed E-state index contributed by atoms with van der Waals surface area (Å²) in [6, 6.07) is 11.3. The van der Waals surface area contributed by atoms with E-state index in [-0.39, 0.29) is 0 Å². The molecular weight excluding hydrogens is 256 g/mol. The van der Waals surface area contributed by atoms with Crippen molar-refractivity contribution in [3.8, 4) is 0 Å². The van der Waals surface area contributed by atoms with E-state index in [0.717, 1.165) is 12.1 Å². The second-order valence-corrected chi connectivity index (χ2v) is 5.77. The zero-order valence-electron chi connectivity index (χ0n) is 13.4. The van der Waals surface area contributed by atoms with Gasteiger partial charge in [-0.1, -0.05) is 58.1 Å². The van der Waals surface area contributed by atoms with Crippen LogP contribution in [0.25, 0.3) is 10.9 Å². The molecule has 2 rings (SSSR count). The third-order valence-electron chi connectivity index (χ3n) is 4.08. The fourth-order valence-electron chi connectivity index (χ4n) is 2.90. The summed E-state index contributed by atoms with van der Waals surface area (Å²) in [4.78, 5) is 4.40. The van der Waals surface area contributed by atoms with Gasteiger partial charge in [0, 0.05) is 17.6 Å². The van der Waals surface area contributed by atoms with Crippen LogP contribution in [0.5, 0.6) is 0 Å². The summed E-state index contributed by atoms with van der Waals surface area (Å²) < 4.78 is 0. The highest BCUT2D eigenvalue weighted by Gasteiger charge is 2.10. The number of aromatic nitrogens is 1. The van der Waals surface area contributed by atoms with Gasteiger partial charge in [0.15, 0.2) is 0 Å². The van der Waals surface area contributed by atoms with E-state index in [4.69, 9.17) is 0 Å². The van der Waals surface area contributed by atoms with Crippen molar-refractivity contribution < 1.29 is 0 Å². The number of nitrogens with one attached hydrogen (secondary N) is 1. The molecule has 0 bridgehead atoms. The monoisotopic (exact) mass is 284 g/mol. The summed E-state index contributed by atoms with van der Waals surface area (Å²) in [5.74, 6) is 0. The van der Waals surface area contributed by atoms with Gasteiger partial charge in [-0.2, -0.15) is 0 Å². The Morgan fingerprint density at radius 3 is 2.71 bits per heavy atom. The third-order valence-corrected chi connectivity index (χ3v) is 4.08. The smallest absolute Gasteiger partial charge is 0.0702 e. The number of rotatable bonds is 9. The van der Waals surface area contributed by atoms with Crippen LogP contribution in [0.15, 0.2) is 36.5 Å². The van der Waals surface area contributed by atoms with Gasteiger partial charge in [0.05, 0.1) is 5.52 Å². The summed E-state index contributed by atoms with van der Waals surface area (Å²) in [5, 5.41) is 4.87. The zero-order chi connectivity index (χ0) is 14.9. The van der Waals surface area contributed by atoms with Crippen molar-refractivity contribution in [1.29, 1.82) is 0 Å². The highest BCUT2D eigenvalue weighted by atomic mass is 14.9. The van der Waals surface area contributed by atoms with Gasteiger partial charge in [0.1, 0.15) is 0 Å². The minimum atomic E-state index is 0.473. The largest absolute Gasteiger partial charge is 0.310 e. The molecule has 0 aliphatic carbocycles. The van der Waals surface area contributed by atoms with Crippen LogP contribution in [-0.4, -0.2) is 11.5 Å². The molecule has 0 aliphatic rings. The molecule has 0 fully saturated rings. The van der Waals surface area contributed by atoms with Crippen LogP contribution < -0.4 is 5.32 Å². The average molecular weight is 284 g/mol. The van der Waals surface area contributed by atoms with Crippen LogP contribution >= 0.6 is 0 Å². The maximum Gasteiger partial charge on any atom is 0.0702 e. The maximum absolute atomic E-state index is 4.40. The SMILES string of the molecule is CCCCCCCC(NCC)c1ccc2ncccc2c1. The van der Waals surface area contributed by atoms with E-state index in [2.05, 4.69) is 48.4 Å². The van der Waals surface area contributed by atoms with Crippen LogP contribution in [0.2, 0.25) is 0 Å². The van der Waals surface area contributed by atoms with Gasteiger partial charge in [-0.05, 0) is 36.7 Å². The molecule has 1 unspecified atom stereocenters. The van der Waals surface area contributed by atoms with Gasteiger partial charge in [-0.25, -0.2) is 0 Å². The van der Waals surface area contributed by atoms with Crippen LogP contribution in [-0.2, 0) is 0 Å². The molecule has 1 aromatic carbocycles. The molecule has 1 aromatic heterocycles. The third kappa shape index (κ3) is 4.82. The van der Waals surface area contributed by atoms with Crippen LogP contribution in [0.4, 0.5) is 0 Å². The topological polar surface area (TPSA) is 24.9 Å². The predicted molar refractivity (Wildman–Crippen MR) is 91.5 cm³/mol. The molecule has 21 heavy (non-hydrogen) atoms. The quantitative estimate of drug-likeness (QED) is 0.636. The standard InChI is InChI=1S/C19H28N2/c1-3-5-6-7-8-11-18(20-4-2)17-12-13-19-16(15-17)10-9-14-21-19/h9-10,12-15,18,20H,3-8,11H2,1-2H3. The molecule has 0 aliphatic heterocycles. The molecule has 1 N–H and O–H groups in total. The Bertz CT molecular complexity index is 536. The Morgan fingerprint density at radius 2 is 1.90 bits per heavy atom. The maximum atomic E-state index is 4.40. The van der Waals surface area contributed by atoms with Gasteiger partial charge >= 0.3 is 0 Å². The first kappa shape index (κ1) is 16.0. The molecule has 0 spiro atoms. The Balaban J connectivity index is 2.01. The first-order chi connectivity index (χ1) is 10.3. The first-order valence-electron chi connectivity index (χ1n) is 8.43. The number of unbranched alkanes of at least 4 members (excludes halogenated alkanes) is 4. The summed E-state index contributed by atoms with van der Waals surface area (Å²) in [5.41, 5.74) is 2.48. The molecule has 0 radical (unpaired) electrons. The fourth-order valence-corrected chi connectivity index (χ4v) is 2.90. The molecule has 0 amide bonds. The van der Waals surface area contributed by atoms with Crippen molar-refractivity contribution in [3.05, 3.63) is 42.1 Å². The van der Waals surface area contributed by atoms with E-state index in [9.17, 15) is 0 Å². The number of hydrogen-bond acceptors (Lipinski definition) is 2. The molecule has 1 atom stereocenters. The van der Waals surface area contributed by atoms with Crippen LogP contribution in [0.1, 0.15) is 64.0 Å². The summed E-state index contributed by atoms with van der Waals surface area (Å²) in [6.45, 7) is 5.47. The minimum absolute atomic E-state index is 0.473. The molecule has 2 nitrogen and oxygen atoms in total. The van der Waals surface area contributed by atoms with Crippen molar-refractivity contribution in [3.63, 3.8) is 0 Å². The van der Waals surface area contributed by atoms with E-state index in [1.54, 1.807) is 0 Å². The van der Waals surface area contributed by atoms with Gasteiger partial charge in [-0.3, -0.25) is 4.98 Å². The van der Waals surface area contributed by atoms with E-state index >= 15 is 0 Å². The van der Waals surface area contributed by atoms with Gasteiger partial charge in [0.25, 0.3) is 0 Å². The van der Waals surface area contributed by atoms with Gasteiger partial charge < -0.3 is 5.32 Å². The van der Waals surface area contributed by atoms with E-state index in [1.165, 1.54) is 49.5 Å². The molecule has 2 heteroatoms. The second kappa shape index (κ2) is 8.78.